The van der Waals surface area contributed by atoms with Gasteiger partial charge in [0.15, 0.2) is 5.82 Å². The summed E-state index contributed by atoms with van der Waals surface area (Å²) in [7, 11) is -3.41. The molecule has 1 aromatic heterocycles. The van der Waals surface area contributed by atoms with Gasteiger partial charge in [0.05, 0.1) is 12.5 Å². The molecular formula is C15H20N6O3S. The van der Waals surface area contributed by atoms with E-state index in [0.717, 1.165) is 25.0 Å². The molecule has 1 aromatic carbocycles. The molecule has 9 nitrogen and oxygen atoms in total. The number of aromatic nitrogens is 3. The number of carbonyl (C=O) groups excluding carboxylic acids is 1. The van der Waals surface area contributed by atoms with Gasteiger partial charge in [0.1, 0.15) is 6.54 Å². The number of sulfonamides is 1. The zero-order chi connectivity index (χ0) is 17.9. The smallest absolute Gasteiger partial charge is 0.246 e. The second kappa shape index (κ2) is 7.09. The quantitative estimate of drug-likeness (QED) is 0.801. The van der Waals surface area contributed by atoms with Crippen molar-refractivity contribution in [3.05, 3.63) is 36.5 Å². The minimum Gasteiger partial charge on any atom is -0.368 e. The van der Waals surface area contributed by atoms with Crippen LogP contribution in [0.5, 0.6) is 0 Å². The van der Waals surface area contributed by atoms with Crippen molar-refractivity contribution in [2.45, 2.75) is 6.54 Å². The van der Waals surface area contributed by atoms with E-state index in [1.807, 2.05) is 18.2 Å². The molecule has 25 heavy (non-hydrogen) atoms. The molecule has 1 aliphatic rings. The highest BCUT2D eigenvalue weighted by molar-refractivity contribution is 7.92. The van der Waals surface area contributed by atoms with E-state index in [4.69, 9.17) is 0 Å². The zero-order valence-corrected chi connectivity index (χ0v) is 14.7. The van der Waals surface area contributed by atoms with Crippen LogP contribution in [-0.4, -0.2) is 66.7 Å². The second-order valence-electron chi connectivity index (χ2n) is 5.84. The van der Waals surface area contributed by atoms with Gasteiger partial charge in [-0.05, 0) is 12.1 Å². The SMILES string of the molecule is CS(=O)(=O)Nc1cnn(CC(=O)N2CCN(c3ccccc3)CC2)n1. The highest BCUT2D eigenvalue weighted by Crippen LogP contribution is 2.15. The van der Waals surface area contributed by atoms with Crippen LogP contribution >= 0.6 is 0 Å². The van der Waals surface area contributed by atoms with Gasteiger partial charge in [-0.3, -0.25) is 9.52 Å². The van der Waals surface area contributed by atoms with E-state index in [-0.39, 0.29) is 18.3 Å². The van der Waals surface area contributed by atoms with E-state index in [0.29, 0.717) is 13.1 Å². The Morgan fingerprint density at radius 1 is 1.16 bits per heavy atom. The van der Waals surface area contributed by atoms with Gasteiger partial charge in [0.2, 0.25) is 15.9 Å². The van der Waals surface area contributed by atoms with Crippen molar-refractivity contribution in [1.82, 2.24) is 19.9 Å². The number of carbonyl (C=O) groups is 1. The lowest BCUT2D eigenvalue weighted by Gasteiger charge is -2.36. The molecule has 0 radical (unpaired) electrons. The van der Waals surface area contributed by atoms with Crippen molar-refractivity contribution < 1.29 is 13.2 Å². The lowest BCUT2D eigenvalue weighted by atomic mass is 10.2. The number of rotatable bonds is 5. The lowest BCUT2D eigenvalue weighted by Crippen LogP contribution is -2.49. The van der Waals surface area contributed by atoms with Gasteiger partial charge >= 0.3 is 0 Å². The molecule has 0 bridgehead atoms. The first-order chi connectivity index (χ1) is 11.9. The third kappa shape index (κ3) is 4.69. The molecule has 1 saturated heterocycles. The van der Waals surface area contributed by atoms with Crippen molar-refractivity contribution in [2.24, 2.45) is 0 Å². The van der Waals surface area contributed by atoms with E-state index in [2.05, 4.69) is 32.0 Å². The average Bonchev–Trinajstić information content (AvgIpc) is 3.00. The number of hydrogen-bond donors (Lipinski definition) is 1. The summed E-state index contributed by atoms with van der Waals surface area (Å²) in [5, 5.41) is 7.87. The molecule has 3 rings (SSSR count). The van der Waals surface area contributed by atoms with Gasteiger partial charge < -0.3 is 9.80 Å². The largest absolute Gasteiger partial charge is 0.368 e. The Balaban J connectivity index is 1.53. The molecule has 0 saturated carbocycles. The summed E-state index contributed by atoms with van der Waals surface area (Å²) in [5.74, 6) is 0.0124. The highest BCUT2D eigenvalue weighted by atomic mass is 32.2. The molecule has 0 aliphatic carbocycles. The van der Waals surface area contributed by atoms with Crippen LogP contribution in [0.15, 0.2) is 36.5 Å². The van der Waals surface area contributed by atoms with Gasteiger partial charge in [-0.15, -0.1) is 5.10 Å². The lowest BCUT2D eigenvalue weighted by molar-refractivity contribution is -0.132. The predicted molar refractivity (Wildman–Crippen MR) is 93.7 cm³/mol. The molecule has 1 amide bonds. The van der Waals surface area contributed by atoms with E-state index >= 15 is 0 Å². The molecule has 2 heterocycles. The maximum Gasteiger partial charge on any atom is 0.246 e. The summed E-state index contributed by atoms with van der Waals surface area (Å²) in [6.07, 6.45) is 2.31. The van der Waals surface area contributed by atoms with Crippen molar-refractivity contribution in [3.63, 3.8) is 0 Å². The standard InChI is InChI=1S/C15H20N6O3S/c1-25(23,24)18-14-11-16-21(17-14)12-15(22)20-9-7-19(8-10-20)13-5-3-2-4-6-13/h2-6,11H,7-10,12H2,1H3,(H,17,18). The van der Waals surface area contributed by atoms with Gasteiger partial charge in [0.25, 0.3) is 0 Å². The number of nitrogens with zero attached hydrogens (tertiary/aromatic N) is 5. The number of para-hydroxylation sites is 1. The molecule has 134 valence electrons. The van der Waals surface area contributed by atoms with Crippen LogP contribution in [0.2, 0.25) is 0 Å². The average molecular weight is 364 g/mol. The Bertz CT molecular complexity index is 828. The Labute approximate surface area is 146 Å². The summed E-state index contributed by atoms with van der Waals surface area (Å²) in [6.45, 7) is 2.77. The maximum atomic E-state index is 12.4. The Morgan fingerprint density at radius 2 is 1.84 bits per heavy atom. The minimum atomic E-state index is -3.41. The topological polar surface area (TPSA) is 100 Å². The van der Waals surface area contributed by atoms with E-state index in [1.165, 1.54) is 11.0 Å². The third-order valence-corrected chi connectivity index (χ3v) is 4.44. The number of hydrogen-bond acceptors (Lipinski definition) is 6. The van der Waals surface area contributed by atoms with Crippen LogP contribution in [0.3, 0.4) is 0 Å². The molecule has 0 atom stereocenters. The Morgan fingerprint density at radius 3 is 2.48 bits per heavy atom. The molecule has 1 N–H and O–H groups in total. The van der Waals surface area contributed by atoms with Crippen molar-refractivity contribution in [1.29, 1.82) is 0 Å². The molecule has 1 fully saturated rings. The predicted octanol–water partition coefficient (Wildman–Crippen LogP) is -0.00160. The van der Waals surface area contributed by atoms with Crippen molar-refractivity contribution >= 4 is 27.4 Å². The van der Waals surface area contributed by atoms with Gasteiger partial charge in [-0.1, -0.05) is 18.2 Å². The third-order valence-electron chi connectivity index (χ3n) is 3.86. The van der Waals surface area contributed by atoms with Crippen LogP contribution < -0.4 is 9.62 Å². The van der Waals surface area contributed by atoms with Crippen LogP contribution in [0, 0.1) is 0 Å². The first-order valence-corrected chi connectivity index (χ1v) is 9.75. The molecule has 0 spiro atoms. The van der Waals surface area contributed by atoms with Crippen molar-refractivity contribution in [3.8, 4) is 0 Å². The number of benzene rings is 1. The zero-order valence-electron chi connectivity index (χ0n) is 13.9. The van der Waals surface area contributed by atoms with Crippen LogP contribution in [0.1, 0.15) is 0 Å². The minimum absolute atomic E-state index is 0.0171. The molecule has 2 aromatic rings. The summed E-state index contributed by atoms with van der Waals surface area (Å²) >= 11 is 0. The first-order valence-electron chi connectivity index (χ1n) is 7.86. The number of piperazine rings is 1. The number of anilines is 2. The highest BCUT2D eigenvalue weighted by Gasteiger charge is 2.22. The monoisotopic (exact) mass is 364 g/mol. The molecule has 10 heteroatoms. The number of nitrogens with one attached hydrogen (secondary N) is 1. The van der Waals surface area contributed by atoms with E-state index in [1.54, 1.807) is 4.90 Å². The van der Waals surface area contributed by atoms with Gasteiger partial charge in [-0.2, -0.15) is 9.90 Å². The van der Waals surface area contributed by atoms with Gasteiger partial charge in [0, 0.05) is 31.9 Å². The Kier molecular flexibility index (Phi) is 4.88. The summed E-state index contributed by atoms with van der Waals surface area (Å²) in [4.78, 5) is 17.6. The fraction of sp³-hybridized carbons (Fsp3) is 0.400. The maximum absolute atomic E-state index is 12.4. The van der Waals surface area contributed by atoms with Crippen LogP contribution in [0.4, 0.5) is 11.5 Å². The normalized spacial score (nSPS) is 15.2. The second-order valence-corrected chi connectivity index (χ2v) is 7.59. The molecular weight excluding hydrogens is 344 g/mol. The number of amides is 1. The van der Waals surface area contributed by atoms with Crippen LogP contribution in [0.25, 0.3) is 0 Å². The summed E-state index contributed by atoms with van der Waals surface area (Å²) in [6, 6.07) is 10.1. The molecule has 0 unspecified atom stereocenters. The van der Waals surface area contributed by atoms with Crippen LogP contribution in [-0.2, 0) is 21.4 Å². The Hall–Kier alpha value is -2.62. The molecule has 1 aliphatic heterocycles. The fourth-order valence-electron chi connectivity index (χ4n) is 2.68. The van der Waals surface area contributed by atoms with Crippen molar-refractivity contribution in [2.75, 3.05) is 42.1 Å². The summed E-state index contributed by atoms with van der Waals surface area (Å²) < 4.78 is 24.5. The summed E-state index contributed by atoms with van der Waals surface area (Å²) in [5.41, 5.74) is 1.15. The van der Waals surface area contributed by atoms with E-state index in [9.17, 15) is 13.2 Å². The fourth-order valence-corrected chi connectivity index (χ4v) is 3.16. The van der Waals surface area contributed by atoms with Gasteiger partial charge in [-0.25, -0.2) is 8.42 Å². The van der Waals surface area contributed by atoms with E-state index < -0.39 is 10.0 Å². The first kappa shape index (κ1) is 17.2.